The van der Waals surface area contributed by atoms with Crippen molar-refractivity contribution in [1.82, 2.24) is 40.3 Å². The van der Waals surface area contributed by atoms with Crippen molar-refractivity contribution < 1.29 is 9.53 Å². The van der Waals surface area contributed by atoms with Crippen LogP contribution in [-0.2, 0) is 17.8 Å². The first-order chi connectivity index (χ1) is 18.5. The number of hydrogen-bond donors (Lipinski definition) is 1. The Balaban J connectivity index is 1.07. The number of benzene rings is 1. The minimum absolute atomic E-state index is 0.233. The van der Waals surface area contributed by atoms with Crippen LogP contribution in [0.25, 0.3) is 5.69 Å². The summed E-state index contributed by atoms with van der Waals surface area (Å²) in [5.41, 5.74) is 4.03. The van der Waals surface area contributed by atoms with Crippen LogP contribution in [0.2, 0.25) is 5.02 Å². The van der Waals surface area contributed by atoms with Gasteiger partial charge in [-0.25, -0.2) is 9.67 Å². The van der Waals surface area contributed by atoms with Crippen LogP contribution >= 0.6 is 11.6 Å². The molecule has 2 fully saturated rings. The van der Waals surface area contributed by atoms with Crippen LogP contribution in [0, 0.1) is 24.7 Å². The zero-order chi connectivity index (χ0) is 26.2. The smallest absolute Gasteiger partial charge is 0.254 e. The molecule has 1 aliphatic carbocycles. The van der Waals surface area contributed by atoms with Crippen molar-refractivity contribution in [3.63, 3.8) is 0 Å². The van der Waals surface area contributed by atoms with Gasteiger partial charge in [-0.05, 0) is 70.5 Å². The minimum atomic E-state index is -0.233. The molecule has 1 amide bonds. The second-order valence-corrected chi connectivity index (χ2v) is 10.3. The Bertz CT molecular complexity index is 1440. The third-order valence-electron chi connectivity index (χ3n) is 7.54. The van der Waals surface area contributed by atoms with Crippen molar-refractivity contribution in [2.24, 2.45) is 17.8 Å². The van der Waals surface area contributed by atoms with E-state index in [1.54, 1.807) is 36.3 Å². The average Bonchev–Trinajstić information content (AvgIpc) is 3.45. The van der Waals surface area contributed by atoms with Gasteiger partial charge in [-0.1, -0.05) is 17.7 Å². The zero-order valence-electron chi connectivity index (χ0n) is 21.2. The number of ether oxygens (including phenoxy) is 1. The van der Waals surface area contributed by atoms with E-state index in [1.165, 1.54) is 11.0 Å². The van der Waals surface area contributed by atoms with E-state index in [4.69, 9.17) is 21.3 Å². The number of aryl methyl sites for hydroxylation is 1. The number of aromatic nitrogens is 7. The van der Waals surface area contributed by atoms with Gasteiger partial charge in [0.1, 0.15) is 12.1 Å². The normalized spacial score (nSPS) is 20.0. The Morgan fingerprint density at radius 3 is 2.76 bits per heavy atom. The molecule has 11 nitrogen and oxygen atoms in total. The van der Waals surface area contributed by atoms with Crippen LogP contribution in [0.3, 0.4) is 0 Å². The van der Waals surface area contributed by atoms with E-state index in [0.29, 0.717) is 23.0 Å². The highest BCUT2D eigenvalue weighted by molar-refractivity contribution is 6.30. The summed E-state index contributed by atoms with van der Waals surface area (Å²) in [7, 11) is 1.78. The number of pyridine rings is 1. The van der Waals surface area contributed by atoms with E-state index >= 15 is 0 Å². The number of carbonyl (C=O) groups is 1. The maximum Gasteiger partial charge on any atom is 0.254 e. The van der Waals surface area contributed by atoms with Gasteiger partial charge in [0.2, 0.25) is 0 Å². The van der Waals surface area contributed by atoms with Crippen LogP contribution in [0.4, 0.5) is 5.82 Å². The highest BCUT2D eigenvalue weighted by Gasteiger charge is 2.55. The fraction of sp³-hybridized carbons (Fsp3) is 0.385. The number of nitrogens with zero attached hydrogens (tertiary/aromatic N) is 8. The summed E-state index contributed by atoms with van der Waals surface area (Å²) in [6.07, 6.45) is 4.81. The lowest BCUT2D eigenvalue weighted by Crippen LogP contribution is -2.26. The van der Waals surface area contributed by atoms with Gasteiger partial charge in [0.25, 0.3) is 5.91 Å². The first-order valence-corrected chi connectivity index (χ1v) is 12.9. The third-order valence-corrected chi connectivity index (χ3v) is 7.77. The highest BCUT2D eigenvalue weighted by atomic mass is 35.5. The Labute approximate surface area is 224 Å². The summed E-state index contributed by atoms with van der Waals surface area (Å²) in [6, 6.07) is 9.54. The lowest BCUT2D eigenvalue weighted by Gasteiger charge is -2.21. The van der Waals surface area contributed by atoms with Crippen molar-refractivity contribution in [1.29, 1.82) is 0 Å². The van der Waals surface area contributed by atoms with Crippen molar-refractivity contribution in [2.45, 2.75) is 20.0 Å². The van der Waals surface area contributed by atoms with Gasteiger partial charge in [-0.15, -0.1) is 5.10 Å². The number of fused-ring (bicyclic) bond motifs is 1. The number of carbonyl (C=O) groups excluding carboxylic acids is 1. The van der Waals surface area contributed by atoms with Crippen LogP contribution < -0.4 is 10.2 Å². The number of methoxy groups -OCH3 is 1. The number of rotatable bonds is 9. The van der Waals surface area contributed by atoms with E-state index < -0.39 is 0 Å². The first-order valence-electron chi connectivity index (χ1n) is 12.5. The highest BCUT2D eigenvalue weighted by Crippen LogP contribution is 2.52. The van der Waals surface area contributed by atoms with Crippen molar-refractivity contribution in [3.8, 4) is 5.69 Å². The molecule has 1 N–H and O–H groups in total. The molecule has 4 aromatic rings. The van der Waals surface area contributed by atoms with Crippen molar-refractivity contribution in [3.05, 3.63) is 76.5 Å². The van der Waals surface area contributed by atoms with Gasteiger partial charge in [-0.3, -0.25) is 9.48 Å². The maximum atomic E-state index is 12.8. The predicted octanol–water partition coefficient (Wildman–Crippen LogP) is 2.52. The molecular formula is C26H28ClN9O2. The first kappa shape index (κ1) is 24.5. The third kappa shape index (κ3) is 4.86. The molecule has 0 bridgehead atoms. The SMILES string of the molecule is COC[C@H]1[C@H]2CN(c3ccc(Cn4cc(C(=O)NCc5cc(Cl)ccc5-n5cnnn5)cn4)c(C)n3)C[C@@H]12. The van der Waals surface area contributed by atoms with Crippen LogP contribution in [0.1, 0.15) is 27.2 Å². The lowest BCUT2D eigenvalue weighted by atomic mass is 10.1. The van der Waals surface area contributed by atoms with Crippen LogP contribution in [-0.4, -0.2) is 67.7 Å². The number of hydrogen-bond acceptors (Lipinski definition) is 8. The Hall–Kier alpha value is -3.83. The van der Waals surface area contributed by atoms with Gasteiger partial charge in [-0.2, -0.15) is 5.10 Å². The number of anilines is 1. The molecule has 4 heterocycles. The van der Waals surface area contributed by atoms with E-state index in [2.05, 4.69) is 43.0 Å². The fourth-order valence-corrected chi connectivity index (χ4v) is 5.60. The molecule has 1 saturated heterocycles. The second kappa shape index (κ2) is 10.1. The van der Waals surface area contributed by atoms with Gasteiger partial charge in [0, 0.05) is 50.3 Å². The predicted molar refractivity (Wildman–Crippen MR) is 140 cm³/mol. The number of tetrazole rings is 1. The number of nitrogens with one attached hydrogen (secondary N) is 1. The zero-order valence-corrected chi connectivity index (χ0v) is 21.9. The van der Waals surface area contributed by atoms with E-state index in [9.17, 15) is 4.79 Å². The molecule has 0 spiro atoms. The Morgan fingerprint density at radius 2 is 2.03 bits per heavy atom. The molecule has 12 heteroatoms. The van der Waals surface area contributed by atoms with E-state index in [1.807, 2.05) is 13.0 Å². The van der Waals surface area contributed by atoms with Crippen LogP contribution in [0.5, 0.6) is 0 Å². The van der Waals surface area contributed by atoms with Gasteiger partial charge >= 0.3 is 0 Å². The topological polar surface area (TPSA) is 116 Å². The molecule has 1 saturated carbocycles. The molecule has 1 aliphatic heterocycles. The Kier molecular flexibility index (Phi) is 6.54. The second-order valence-electron chi connectivity index (χ2n) is 9.90. The molecule has 2 aliphatic rings. The van der Waals surface area contributed by atoms with Gasteiger partial charge in [0.05, 0.1) is 24.0 Å². The average molecular weight is 534 g/mol. The van der Waals surface area contributed by atoms with Crippen molar-refractivity contribution >= 4 is 23.3 Å². The molecule has 3 atom stereocenters. The molecule has 3 aromatic heterocycles. The molecule has 196 valence electrons. The van der Waals surface area contributed by atoms with E-state index in [0.717, 1.165) is 59.9 Å². The fourth-order valence-electron chi connectivity index (χ4n) is 5.41. The molecule has 1 aromatic carbocycles. The summed E-state index contributed by atoms with van der Waals surface area (Å²) >= 11 is 6.18. The summed E-state index contributed by atoms with van der Waals surface area (Å²) in [5.74, 6) is 2.97. The monoisotopic (exact) mass is 533 g/mol. The molecular weight excluding hydrogens is 506 g/mol. The van der Waals surface area contributed by atoms with Gasteiger partial charge < -0.3 is 15.0 Å². The lowest BCUT2D eigenvalue weighted by molar-refractivity contribution is 0.0951. The van der Waals surface area contributed by atoms with Crippen molar-refractivity contribution in [2.75, 3.05) is 31.7 Å². The molecule has 0 unspecified atom stereocenters. The maximum absolute atomic E-state index is 12.8. The number of amides is 1. The number of piperidine rings is 1. The summed E-state index contributed by atoms with van der Waals surface area (Å²) < 4.78 is 8.61. The van der Waals surface area contributed by atoms with Gasteiger partial charge in [0.15, 0.2) is 0 Å². The largest absolute Gasteiger partial charge is 0.384 e. The summed E-state index contributed by atoms with van der Waals surface area (Å²) in [4.78, 5) is 20.1. The summed E-state index contributed by atoms with van der Waals surface area (Å²) in [6.45, 7) is 5.78. The quantitative estimate of drug-likeness (QED) is 0.349. The molecule has 0 radical (unpaired) electrons. The standard InChI is InChI=1S/C26H28ClN9O2/c1-16-17(3-6-25(31-16)34-12-21-22(13-34)23(21)14-38-2)10-35-11-19(9-30-35)26(37)28-8-18-7-20(27)4-5-24(18)36-15-29-32-33-36/h3-7,9,11,15,21-23H,8,10,12-14H2,1-2H3,(H,28,37)/t21-,22+,23-. The minimum Gasteiger partial charge on any atom is -0.384 e. The van der Waals surface area contributed by atoms with E-state index in [-0.39, 0.29) is 12.5 Å². The summed E-state index contributed by atoms with van der Waals surface area (Å²) in [5, 5.41) is 19.2. The Morgan fingerprint density at radius 1 is 1.18 bits per heavy atom. The molecule has 38 heavy (non-hydrogen) atoms. The van der Waals surface area contributed by atoms with Crippen LogP contribution in [0.15, 0.2) is 49.1 Å². The molecule has 6 rings (SSSR count). The number of halogens is 1.